The van der Waals surface area contributed by atoms with E-state index in [-0.39, 0.29) is 6.42 Å². The molecule has 3 atom stereocenters. The Morgan fingerprint density at radius 2 is 1.76 bits per heavy atom. The van der Waals surface area contributed by atoms with Gasteiger partial charge >= 0.3 is 13.2 Å². The van der Waals surface area contributed by atoms with Crippen molar-refractivity contribution in [1.29, 1.82) is 0 Å². The molecule has 1 fully saturated rings. The van der Waals surface area contributed by atoms with E-state index < -0.39 is 43.1 Å². The van der Waals surface area contributed by atoms with Crippen molar-refractivity contribution in [1.82, 2.24) is 15.5 Å². The number of hydrogen-bond acceptors (Lipinski definition) is 7. The molecule has 1 heterocycles. The van der Waals surface area contributed by atoms with E-state index in [9.17, 15) is 24.4 Å². The van der Waals surface area contributed by atoms with Crippen LogP contribution < -0.4 is 15.4 Å². The topological polar surface area (TPSA) is 128 Å². The van der Waals surface area contributed by atoms with Gasteiger partial charge in [0.25, 0.3) is 0 Å². The van der Waals surface area contributed by atoms with E-state index in [1.807, 2.05) is 36.6 Å². The van der Waals surface area contributed by atoms with Crippen LogP contribution in [-0.4, -0.2) is 76.6 Å². The second kappa shape index (κ2) is 14.7. The third-order valence-electron chi connectivity index (χ3n) is 6.22. The van der Waals surface area contributed by atoms with Gasteiger partial charge in [-0.15, -0.1) is 0 Å². The number of carbonyl (C=O) groups is 3. The highest BCUT2D eigenvalue weighted by Crippen LogP contribution is 2.21. The highest BCUT2D eigenvalue weighted by atomic mass is 32.2. The van der Waals surface area contributed by atoms with Gasteiger partial charge in [0.15, 0.2) is 0 Å². The molecule has 3 amide bonds. The summed E-state index contributed by atoms with van der Waals surface area (Å²) in [5.74, 6) is -0.469. The van der Waals surface area contributed by atoms with Crippen LogP contribution in [0.5, 0.6) is 5.75 Å². The number of para-hydroxylation sites is 1. The maximum atomic E-state index is 13.7. The summed E-state index contributed by atoms with van der Waals surface area (Å²) in [5.41, 5.74) is 0.846. The summed E-state index contributed by atoms with van der Waals surface area (Å²) in [7, 11) is -1.70. The molecule has 0 bridgehead atoms. The van der Waals surface area contributed by atoms with Crippen LogP contribution in [0.15, 0.2) is 60.7 Å². The SMILES string of the molecule is CSCCC[C@H](NC(=O)[C@@H]1CCCN1C(=O)[C@@H](Cc1ccccc1)NC(=O)Oc1ccccc1)B(O)O. The highest BCUT2D eigenvalue weighted by molar-refractivity contribution is 7.98. The van der Waals surface area contributed by atoms with Crippen LogP contribution in [0.25, 0.3) is 0 Å². The average molecular weight is 527 g/mol. The Kier molecular flexibility index (Phi) is 11.3. The van der Waals surface area contributed by atoms with Crippen LogP contribution >= 0.6 is 11.8 Å². The van der Waals surface area contributed by atoms with Gasteiger partial charge in [0.2, 0.25) is 11.8 Å². The molecule has 0 spiro atoms. The van der Waals surface area contributed by atoms with E-state index in [4.69, 9.17) is 4.74 Å². The number of hydrogen-bond donors (Lipinski definition) is 4. The second-order valence-electron chi connectivity index (χ2n) is 8.94. The minimum absolute atomic E-state index is 0.223. The zero-order valence-electron chi connectivity index (χ0n) is 20.9. The van der Waals surface area contributed by atoms with Gasteiger partial charge in [0.1, 0.15) is 17.8 Å². The Morgan fingerprint density at radius 3 is 2.41 bits per heavy atom. The van der Waals surface area contributed by atoms with Crippen molar-refractivity contribution in [3.05, 3.63) is 66.2 Å². The van der Waals surface area contributed by atoms with Crippen molar-refractivity contribution in [2.24, 2.45) is 0 Å². The smallest absolute Gasteiger partial charge is 0.426 e. The molecule has 3 rings (SSSR count). The number of nitrogens with one attached hydrogen (secondary N) is 2. The monoisotopic (exact) mass is 527 g/mol. The molecule has 0 unspecified atom stereocenters. The Balaban J connectivity index is 1.72. The number of ether oxygens (including phenoxy) is 1. The Hall–Kier alpha value is -3.02. The molecule has 1 aliphatic heterocycles. The first kappa shape index (κ1) is 28.6. The minimum Gasteiger partial charge on any atom is -0.426 e. The van der Waals surface area contributed by atoms with Crippen molar-refractivity contribution < 1.29 is 29.2 Å². The molecule has 1 aliphatic rings. The van der Waals surface area contributed by atoms with Gasteiger partial charge in [0, 0.05) is 13.0 Å². The molecule has 2 aromatic rings. The summed E-state index contributed by atoms with van der Waals surface area (Å²) in [6.07, 6.45) is 3.61. The van der Waals surface area contributed by atoms with Gasteiger partial charge in [0.05, 0.1) is 5.94 Å². The van der Waals surface area contributed by atoms with Crippen molar-refractivity contribution >= 4 is 36.8 Å². The molecule has 198 valence electrons. The summed E-state index contributed by atoms with van der Waals surface area (Å²) >= 11 is 1.64. The number of rotatable bonds is 12. The van der Waals surface area contributed by atoms with Crippen LogP contribution in [0.2, 0.25) is 0 Å². The number of nitrogens with zero attached hydrogens (tertiary/aromatic N) is 1. The third kappa shape index (κ3) is 8.80. The van der Waals surface area contributed by atoms with Crippen LogP contribution in [0, 0.1) is 0 Å². The van der Waals surface area contributed by atoms with Gasteiger partial charge < -0.3 is 30.3 Å². The van der Waals surface area contributed by atoms with Gasteiger partial charge in [-0.3, -0.25) is 9.59 Å². The first-order valence-corrected chi connectivity index (χ1v) is 13.8. The maximum absolute atomic E-state index is 13.7. The number of carbonyl (C=O) groups excluding carboxylic acids is 3. The Morgan fingerprint density at radius 1 is 1.08 bits per heavy atom. The van der Waals surface area contributed by atoms with Crippen molar-refractivity contribution in [3.8, 4) is 5.75 Å². The molecular weight excluding hydrogens is 493 g/mol. The zero-order chi connectivity index (χ0) is 26.6. The molecule has 1 saturated heterocycles. The summed E-state index contributed by atoms with van der Waals surface area (Å²) in [5, 5.41) is 24.9. The summed E-state index contributed by atoms with van der Waals surface area (Å²) < 4.78 is 5.34. The molecular formula is C26H34BN3O6S. The molecule has 9 nitrogen and oxygen atoms in total. The van der Waals surface area contributed by atoms with Gasteiger partial charge in [-0.2, -0.15) is 11.8 Å². The predicted octanol–water partition coefficient (Wildman–Crippen LogP) is 2.02. The predicted molar refractivity (Wildman–Crippen MR) is 144 cm³/mol. The van der Waals surface area contributed by atoms with E-state index in [2.05, 4.69) is 10.6 Å². The lowest BCUT2D eigenvalue weighted by molar-refractivity contribution is -0.140. The molecule has 4 N–H and O–H groups in total. The number of amides is 3. The Labute approximate surface area is 222 Å². The maximum Gasteiger partial charge on any atom is 0.475 e. The van der Waals surface area contributed by atoms with Crippen molar-refractivity contribution in [3.63, 3.8) is 0 Å². The lowest BCUT2D eigenvalue weighted by Crippen LogP contribution is -2.57. The largest absolute Gasteiger partial charge is 0.475 e. The van der Waals surface area contributed by atoms with E-state index >= 15 is 0 Å². The molecule has 0 radical (unpaired) electrons. The molecule has 2 aromatic carbocycles. The number of thioether (sulfide) groups is 1. The summed E-state index contributed by atoms with van der Waals surface area (Å²) in [4.78, 5) is 40.9. The number of benzene rings is 2. The van der Waals surface area contributed by atoms with Crippen molar-refractivity contribution in [2.75, 3.05) is 18.6 Å². The fourth-order valence-electron chi connectivity index (χ4n) is 4.34. The molecule has 0 aromatic heterocycles. The molecule has 37 heavy (non-hydrogen) atoms. The normalized spacial score (nSPS) is 16.5. The van der Waals surface area contributed by atoms with E-state index in [0.29, 0.717) is 38.0 Å². The summed E-state index contributed by atoms with van der Waals surface area (Å²) in [6, 6.07) is 16.1. The fraction of sp³-hybridized carbons (Fsp3) is 0.423. The third-order valence-corrected chi connectivity index (χ3v) is 6.91. The van der Waals surface area contributed by atoms with Crippen LogP contribution in [-0.2, 0) is 16.0 Å². The number of likely N-dealkylation sites (tertiary alicyclic amines) is 1. The first-order valence-electron chi connectivity index (χ1n) is 12.4. The van der Waals surface area contributed by atoms with E-state index in [1.54, 1.807) is 42.1 Å². The van der Waals surface area contributed by atoms with Crippen LogP contribution in [0.4, 0.5) is 4.79 Å². The van der Waals surface area contributed by atoms with Gasteiger partial charge in [-0.1, -0.05) is 48.5 Å². The lowest BCUT2D eigenvalue weighted by Gasteiger charge is -2.30. The summed E-state index contributed by atoms with van der Waals surface area (Å²) in [6.45, 7) is 0.358. The fourth-order valence-corrected chi connectivity index (χ4v) is 4.80. The van der Waals surface area contributed by atoms with Crippen molar-refractivity contribution in [2.45, 2.75) is 50.1 Å². The van der Waals surface area contributed by atoms with Crippen LogP contribution in [0.3, 0.4) is 0 Å². The molecule has 0 aliphatic carbocycles. The zero-order valence-corrected chi connectivity index (χ0v) is 21.7. The van der Waals surface area contributed by atoms with E-state index in [0.717, 1.165) is 11.3 Å². The molecule has 11 heteroatoms. The lowest BCUT2D eigenvalue weighted by atomic mass is 9.76. The first-order chi connectivity index (χ1) is 17.9. The highest BCUT2D eigenvalue weighted by Gasteiger charge is 2.39. The second-order valence-corrected chi connectivity index (χ2v) is 9.93. The van der Waals surface area contributed by atoms with Gasteiger partial charge in [-0.05, 0) is 55.4 Å². The Bertz CT molecular complexity index is 1010. The minimum atomic E-state index is -1.70. The van der Waals surface area contributed by atoms with E-state index in [1.165, 1.54) is 4.90 Å². The average Bonchev–Trinajstić information content (AvgIpc) is 3.38. The molecule has 0 saturated carbocycles. The van der Waals surface area contributed by atoms with Crippen LogP contribution in [0.1, 0.15) is 31.2 Å². The van der Waals surface area contributed by atoms with Gasteiger partial charge in [-0.25, -0.2) is 4.79 Å². The standard InChI is InChI=1S/C26H34BN3O6S/c1-37-17-9-15-23(27(34)35)29-24(31)22-14-8-16-30(22)25(32)21(18-19-10-4-2-5-11-19)28-26(33)36-20-12-6-3-7-13-20/h2-7,10-13,21-23,34-35H,8-9,14-18H2,1H3,(H,28,33)(H,29,31)/t21-,22+,23+/m1/s1. The quantitative estimate of drug-likeness (QED) is 0.246.